The molecule has 12 heteroatoms. The lowest BCUT2D eigenvalue weighted by Crippen LogP contribution is -2.48. The molecule has 1 aromatic rings. The first-order valence-corrected chi connectivity index (χ1v) is 12.8. The van der Waals surface area contributed by atoms with E-state index < -0.39 is 59.3 Å². The molecule has 2 rings (SSSR count). The molecule has 1 aliphatic rings. The highest BCUT2D eigenvalue weighted by atomic mass is 16.6. The first-order valence-electron chi connectivity index (χ1n) is 12.8. The summed E-state index contributed by atoms with van der Waals surface area (Å²) in [5.41, 5.74) is -2.67. The Morgan fingerprint density at radius 1 is 1.00 bits per heavy atom. The molecule has 6 amide bonds. The van der Waals surface area contributed by atoms with E-state index in [2.05, 4.69) is 27.5 Å². The number of allylic oxidation sites excluding steroid dienone is 3. The third kappa shape index (κ3) is 8.62. The molecule has 0 saturated carbocycles. The standard InChI is InChI=1S/C29H37N5O7/c1-9-14-19(15-10-2)29(20-16-12-11-13-17-20)22(36)34(24(37)33-29)21(35)18-30-23(31-25(38)40-27(3,4)5)32-26(39)41-28(6,7)8/h9-17H,1,18H2,2-8H3,(H,33,37)(H2,30,31,32,38,39)/b15-10-,19-14+. The lowest BCUT2D eigenvalue weighted by atomic mass is 9.81. The molecule has 0 spiro atoms. The lowest BCUT2D eigenvalue weighted by molar-refractivity contribution is -0.140. The zero-order valence-corrected chi connectivity index (χ0v) is 24.4. The largest absolute Gasteiger partial charge is 0.444 e. The summed E-state index contributed by atoms with van der Waals surface area (Å²) in [6.07, 6.45) is 4.40. The van der Waals surface area contributed by atoms with E-state index in [1.165, 1.54) is 6.08 Å². The molecule has 0 aromatic heterocycles. The minimum atomic E-state index is -1.72. The third-order valence-corrected chi connectivity index (χ3v) is 5.17. The van der Waals surface area contributed by atoms with Crippen LogP contribution in [0.3, 0.4) is 0 Å². The Hall–Kier alpha value is -4.74. The summed E-state index contributed by atoms with van der Waals surface area (Å²) in [6, 6.07) is 7.48. The number of nitrogens with zero attached hydrogens (tertiary/aromatic N) is 2. The van der Waals surface area contributed by atoms with Crippen molar-refractivity contribution in [3.05, 3.63) is 72.4 Å². The Kier molecular flexibility index (Phi) is 10.4. The average Bonchev–Trinajstić information content (AvgIpc) is 3.11. The van der Waals surface area contributed by atoms with Crippen LogP contribution in [0.15, 0.2) is 71.8 Å². The minimum Gasteiger partial charge on any atom is -0.444 e. The van der Waals surface area contributed by atoms with Crippen molar-refractivity contribution in [2.24, 2.45) is 4.99 Å². The molecule has 0 bridgehead atoms. The van der Waals surface area contributed by atoms with Gasteiger partial charge in [-0.05, 0) is 59.6 Å². The van der Waals surface area contributed by atoms with Crippen LogP contribution in [0.4, 0.5) is 14.4 Å². The summed E-state index contributed by atoms with van der Waals surface area (Å²) < 4.78 is 10.4. The Labute approximate surface area is 239 Å². The SMILES string of the molecule is C=C/C=C(\C=C/C)C1(c2ccccc2)NC(=O)N(C(=O)CN=C(NC(=O)OC(C)(C)C)NC(=O)OC(C)(C)C)C1=O. The van der Waals surface area contributed by atoms with Crippen LogP contribution in [-0.2, 0) is 24.6 Å². The molecule has 1 fully saturated rings. The summed E-state index contributed by atoms with van der Waals surface area (Å²) in [5, 5.41) is 7.15. The summed E-state index contributed by atoms with van der Waals surface area (Å²) >= 11 is 0. The maximum Gasteiger partial charge on any atom is 0.414 e. The molecule has 1 saturated heterocycles. The number of urea groups is 1. The van der Waals surface area contributed by atoms with Crippen molar-refractivity contribution in [3.8, 4) is 0 Å². The molecular weight excluding hydrogens is 530 g/mol. The second kappa shape index (κ2) is 13.1. The molecule has 220 valence electrons. The fourth-order valence-electron chi connectivity index (χ4n) is 3.74. The number of rotatable bonds is 6. The van der Waals surface area contributed by atoms with Crippen molar-refractivity contribution in [2.45, 2.75) is 65.2 Å². The third-order valence-electron chi connectivity index (χ3n) is 5.17. The molecule has 0 radical (unpaired) electrons. The van der Waals surface area contributed by atoms with Crippen LogP contribution in [0.5, 0.6) is 0 Å². The van der Waals surface area contributed by atoms with Crippen LogP contribution in [0.2, 0.25) is 0 Å². The van der Waals surface area contributed by atoms with Gasteiger partial charge in [-0.25, -0.2) is 19.4 Å². The number of carbonyl (C=O) groups is 5. The lowest BCUT2D eigenvalue weighted by Gasteiger charge is -2.28. The number of carbonyl (C=O) groups excluding carboxylic acids is 5. The number of hydrogen-bond acceptors (Lipinski definition) is 8. The first-order chi connectivity index (χ1) is 19.0. The van der Waals surface area contributed by atoms with E-state index in [1.807, 2.05) is 0 Å². The quantitative estimate of drug-likeness (QED) is 0.203. The van der Waals surface area contributed by atoms with Gasteiger partial charge in [-0.2, -0.15) is 4.90 Å². The number of amides is 6. The zero-order chi connectivity index (χ0) is 31.0. The Balaban J connectivity index is 2.44. The summed E-state index contributed by atoms with van der Waals surface area (Å²) in [4.78, 5) is 69.3. The van der Waals surface area contributed by atoms with E-state index in [4.69, 9.17) is 9.47 Å². The van der Waals surface area contributed by atoms with Crippen molar-refractivity contribution in [3.63, 3.8) is 0 Å². The number of nitrogens with one attached hydrogen (secondary N) is 3. The van der Waals surface area contributed by atoms with E-state index >= 15 is 0 Å². The molecule has 0 aliphatic carbocycles. The Morgan fingerprint density at radius 2 is 1.54 bits per heavy atom. The van der Waals surface area contributed by atoms with Gasteiger partial charge in [-0.3, -0.25) is 20.2 Å². The maximum absolute atomic E-state index is 13.9. The van der Waals surface area contributed by atoms with Gasteiger partial charge < -0.3 is 14.8 Å². The molecule has 1 heterocycles. The van der Waals surface area contributed by atoms with Crippen molar-refractivity contribution in [1.29, 1.82) is 0 Å². The predicted octanol–water partition coefficient (Wildman–Crippen LogP) is 4.05. The molecule has 41 heavy (non-hydrogen) atoms. The van der Waals surface area contributed by atoms with Gasteiger partial charge in [0.15, 0.2) is 5.54 Å². The first kappa shape index (κ1) is 32.5. The van der Waals surface area contributed by atoms with Crippen LogP contribution in [-0.4, -0.2) is 58.6 Å². The smallest absolute Gasteiger partial charge is 0.414 e. The summed E-state index contributed by atoms with van der Waals surface area (Å²) in [7, 11) is 0. The molecule has 1 aliphatic heterocycles. The van der Waals surface area contributed by atoms with E-state index in [-0.39, 0.29) is 0 Å². The molecule has 1 unspecified atom stereocenters. The number of hydrogen-bond donors (Lipinski definition) is 3. The van der Waals surface area contributed by atoms with Gasteiger partial charge in [0.1, 0.15) is 17.7 Å². The van der Waals surface area contributed by atoms with Gasteiger partial charge in [0, 0.05) is 0 Å². The Morgan fingerprint density at radius 3 is 2.00 bits per heavy atom. The molecule has 1 atom stereocenters. The highest BCUT2D eigenvalue weighted by molar-refractivity contribution is 6.20. The number of imide groups is 3. The normalized spacial score (nSPS) is 17.5. The molecule has 3 N–H and O–H groups in total. The number of guanidine groups is 1. The highest BCUT2D eigenvalue weighted by Gasteiger charge is 2.56. The number of ether oxygens (including phenoxy) is 2. The molecule has 1 aromatic carbocycles. The van der Waals surface area contributed by atoms with Gasteiger partial charge >= 0.3 is 18.2 Å². The van der Waals surface area contributed by atoms with Gasteiger partial charge in [-0.1, -0.05) is 61.2 Å². The average molecular weight is 568 g/mol. The topological polar surface area (TPSA) is 156 Å². The van der Waals surface area contributed by atoms with Crippen LogP contribution in [0.1, 0.15) is 54.0 Å². The Bertz CT molecular complexity index is 1250. The van der Waals surface area contributed by atoms with Gasteiger partial charge in [0.2, 0.25) is 5.96 Å². The van der Waals surface area contributed by atoms with E-state index in [1.54, 1.807) is 97.0 Å². The van der Waals surface area contributed by atoms with Crippen LogP contribution in [0, 0.1) is 0 Å². The number of alkyl carbamates (subject to hydrolysis) is 2. The van der Waals surface area contributed by atoms with E-state index in [0.29, 0.717) is 16.0 Å². The minimum absolute atomic E-state index is 0.372. The van der Waals surface area contributed by atoms with E-state index in [9.17, 15) is 24.0 Å². The predicted molar refractivity (Wildman–Crippen MR) is 153 cm³/mol. The summed E-state index contributed by atoms with van der Waals surface area (Å²) in [6.45, 7) is 14.4. The summed E-state index contributed by atoms with van der Waals surface area (Å²) in [5.74, 6) is -2.36. The van der Waals surface area contributed by atoms with Gasteiger partial charge in [0.05, 0.1) is 0 Å². The highest BCUT2D eigenvalue weighted by Crippen LogP contribution is 2.37. The van der Waals surface area contributed by atoms with Gasteiger partial charge in [0.25, 0.3) is 11.8 Å². The van der Waals surface area contributed by atoms with Crippen molar-refractivity contribution < 1.29 is 33.4 Å². The number of benzene rings is 1. The van der Waals surface area contributed by atoms with Crippen LogP contribution in [0.25, 0.3) is 0 Å². The fraction of sp³-hybridized carbons (Fsp3) is 0.379. The van der Waals surface area contributed by atoms with Crippen LogP contribution < -0.4 is 16.0 Å². The van der Waals surface area contributed by atoms with Crippen LogP contribution >= 0.6 is 0 Å². The van der Waals surface area contributed by atoms with E-state index in [0.717, 1.165) is 0 Å². The van der Waals surface area contributed by atoms with Gasteiger partial charge in [-0.15, -0.1) is 0 Å². The second-order valence-electron chi connectivity index (χ2n) is 10.9. The van der Waals surface area contributed by atoms with Crippen molar-refractivity contribution >= 4 is 36.0 Å². The monoisotopic (exact) mass is 567 g/mol. The number of aliphatic imine (C=N–C) groups is 1. The maximum atomic E-state index is 13.9. The molecule has 12 nitrogen and oxygen atoms in total. The van der Waals surface area contributed by atoms with Crippen molar-refractivity contribution in [1.82, 2.24) is 20.9 Å². The zero-order valence-electron chi connectivity index (χ0n) is 24.4. The molecular formula is C29H37N5O7. The fourth-order valence-corrected chi connectivity index (χ4v) is 3.74. The van der Waals surface area contributed by atoms with Crippen molar-refractivity contribution in [2.75, 3.05) is 6.54 Å². The second-order valence-corrected chi connectivity index (χ2v) is 10.9.